The van der Waals surface area contributed by atoms with Crippen LogP contribution in [-0.4, -0.2) is 57.2 Å². The van der Waals surface area contributed by atoms with Crippen molar-refractivity contribution in [3.8, 4) is 0 Å². The van der Waals surface area contributed by atoms with E-state index in [9.17, 15) is 15.3 Å². The van der Waals surface area contributed by atoms with Gasteiger partial charge in [0.15, 0.2) is 0 Å². The van der Waals surface area contributed by atoms with E-state index >= 15 is 0 Å². The first-order valence-electron chi connectivity index (χ1n) is 22.4. The van der Waals surface area contributed by atoms with Crippen molar-refractivity contribution in [3.63, 3.8) is 0 Å². The van der Waals surface area contributed by atoms with E-state index in [0.29, 0.717) is 58.3 Å². The first-order chi connectivity index (χ1) is 24.6. The van der Waals surface area contributed by atoms with E-state index in [4.69, 9.17) is 0 Å². The second-order valence-corrected chi connectivity index (χ2v) is 21.9. The first-order valence-corrected chi connectivity index (χ1v) is 22.4. The summed E-state index contributed by atoms with van der Waals surface area (Å²) in [5.41, 5.74) is 2.00. The summed E-state index contributed by atoms with van der Waals surface area (Å²) in [7, 11) is 0. The van der Waals surface area contributed by atoms with Gasteiger partial charge in [0.25, 0.3) is 0 Å². The van der Waals surface area contributed by atoms with Crippen LogP contribution in [0.3, 0.4) is 0 Å². The molecule has 1 aromatic rings. The molecular weight excluding hydrogens is 627 g/mol. The monoisotopic (exact) mass is 698 g/mol. The predicted octanol–water partition coefficient (Wildman–Crippen LogP) is 9.05. The third kappa shape index (κ3) is 5.46. The van der Waals surface area contributed by atoms with Crippen LogP contribution in [-0.2, 0) is 6.42 Å². The standard InChI is InChI=1S/C47H71NO3/c1-30-10-13-43-47(51,33-25-45(16-6-7-17-45)29-46(26-33)19-14-32(24-46)20-31-8-4-3-5-9-31)39-12-11-35-36(38(39)28-48(43)27-30)22-40-37(35)23-42(50)41-21-34(49)15-18-44(40,41)2/h3-5,8-9,30,32-43,49-51H,6-7,10-29H2,1-2H3. The molecule has 2 saturated heterocycles. The van der Waals surface area contributed by atoms with Gasteiger partial charge < -0.3 is 15.3 Å². The van der Waals surface area contributed by atoms with Gasteiger partial charge in [-0.1, -0.05) is 57.0 Å². The maximum atomic E-state index is 14.1. The lowest BCUT2D eigenvalue weighted by Gasteiger charge is -2.65. The number of aliphatic hydroxyl groups excluding tert-OH is 2. The topological polar surface area (TPSA) is 63.9 Å². The number of nitrogens with zero attached hydrogens (tertiary/aromatic N) is 1. The van der Waals surface area contributed by atoms with E-state index in [-0.39, 0.29) is 23.5 Å². The Bertz CT molecular complexity index is 1430. The van der Waals surface area contributed by atoms with Gasteiger partial charge in [-0.3, -0.25) is 4.90 Å². The molecule has 0 aromatic heterocycles. The van der Waals surface area contributed by atoms with Crippen molar-refractivity contribution in [2.45, 2.75) is 166 Å². The highest BCUT2D eigenvalue weighted by atomic mass is 16.3. The summed E-state index contributed by atoms with van der Waals surface area (Å²) in [6.45, 7) is 7.39. The van der Waals surface area contributed by atoms with Gasteiger partial charge in [-0.15, -0.1) is 0 Å². The number of rotatable bonds is 3. The number of hydrogen-bond acceptors (Lipinski definition) is 4. The second kappa shape index (κ2) is 12.5. The lowest BCUT2D eigenvalue weighted by molar-refractivity contribution is -0.229. The summed E-state index contributed by atoms with van der Waals surface area (Å²) in [5, 5.41) is 36.5. The van der Waals surface area contributed by atoms with E-state index in [1.807, 2.05) is 0 Å². The molecule has 4 nitrogen and oxygen atoms in total. The molecule has 9 fully saturated rings. The Morgan fingerprint density at radius 2 is 1.51 bits per heavy atom. The van der Waals surface area contributed by atoms with Crippen LogP contribution in [0, 0.1) is 75.4 Å². The van der Waals surface area contributed by atoms with Crippen LogP contribution in [0.5, 0.6) is 0 Å². The molecule has 7 saturated carbocycles. The molecule has 2 spiro atoms. The fourth-order valence-electron chi connectivity index (χ4n) is 17.6. The highest BCUT2D eigenvalue weighted by Gasteiger charge is 2.68. The Morgan fingerprint density at radius 3 is 2.33 bits per heavy atom. The molecule has 16 unspecified atom stereocenters. The van der Waals surface area contributed by atoms with Crippen molar-refractivity contribution >= 4 is 0 Å². The maximum Gasteiger partial charge on any atom is 0.0861 e. The third-order valence-electron chi connectivity index (χ3n) is 19.3. The van der Waals surface area contributed by atoms with E-state index in [1.165, 1.54) is 121 Å². The zero-order valence-corrected chi connectivity index (χ0v) is 32.2. The summed E-state index contributed by atoms with van der Waals surface area (Å²) in [5.74, 6) is 5.98. The maximum absolute atomic E-state index is 14.1. The van der Waals surface area contributed by atoms with Crippen molar-refractivity contribution in [2.75, 3.05) is 13.1 Å². The Kier molecular flexibility index (Phi) is 8.49. The van der Waals surface area contributed by atoms with Crippen LogP contribution in [0.4, 0.5) is 0 Å². The predicted molar refractivity (Wildman–Crippen MR) is 204 cm³/mol. The van der Waals surface area contributed by atoms with Crippen LogP contribution >= 0.6 is 0 Å². The molecule has 0 radical (unpaired) electrons. The lowest BCUT2D eigenvalue weighted by atomic mass is 9.47. The highest BCUT2D eigenvalue weighted by molar-refractivity contribution is 5.20. The quantitative estimate of drug-likeness (QED) is 0.295. The van der Waals surface area contributed by atoms with Crippen LogP contribution < -0.4 is 0 Å². The lowest BCUT2D eigenvalue weighted by Crippen LogP contribution is -2.71. The Morgan fingerprint density at radius 1 is 0.706 bits per heavy atom. The minimum atomic E-state index is -0.566. The molecule has 4 heteroatoms. The van der Waals surface area contributed by atoms with E-state index < -0.39 is 5.60 Å². The fourth-order valence-corrected chi connectivity index (χ4v) is 17.6. The zero-order chi connectivity index (χ0) is 34.8. The minimum Gasteiger partial charge on any atom is -0.393 e. The summed E-state index contributed by atoms with van der Waals surface area (Å²) in [6, 6.07) is 11.7. The molecule has 2 heterocycles. The van der Waals surface area contributed by atoms with Gasteiger partial charge >= 0.3 is 0 Å². The van der Waals surface area contributed by atoms with E-state index in [1.54, 1.807) is 0 Å². The Labute approximate surface area is 309 Å². The smallest absolute Gasteiger partial charge is 0.0861 e. The molecule has 7 aliphatic carbocycles. The molecule has 9 aliphatic rings. The number of hydrogen-bond donors (Lipinski definition) is 3. The Balaban J connectivity index is 0.982. The Hall–Kier alpha value is -0.940. The molecule has 282 valence electrons. The van der Waals surface area contributed by atoms with Gasteiger partial charge in [-0.25, -0.2) is 0 Å². The van der Waals surface area contributed by atoms with E-state index in [0.717, 1.165) is 37.5 Å². The molecule has 10 rings (SSSR count). The first kappa shape index (κ1) is 34.5. The molecule has 0 amide bonds. The van der Waals surface area contributed by atoms with Crippen molar-refractivity contribution in [3.05, 3.63) is 35.9 Å². The molecule has 51 heavy (non-hydrogen) atoms. The SMILES string of the molecule is CC1CCC2N(C1)CC1C3CC4C(CC(O)C5CC(O)CCC54C)C3CCC1C2(O)C1CC2(CCCC2)CC2(CCC(Cc3ccccc3)C2)C1. The van der Waals surface area contributed by atoms with Crippen molar-refractivity contribution in [2.24, 2.45) is 75.4 Å². The van der Waals surface area contributed by atoms with E-state index in [2.05, 4.69) is 49.1 Å². The van der Waals surface area contributed by atoms with Crippen molar-refractivity contribution in [1.82, 2.24) is 4.90 Å². The third-order valence-corrected chi connectivity index (χ3v) is 19.3. The summed E-state index contributed by atoms with van der Waals surface area (Å²) >= 11 is 0. The average molecular weight is 698 g/mol. The van der Waals surface area contributed by atoms with Gasteiger partial charge in [0.1, 0.15) is 0 Å². The van der Waals surface area contributed by atoms with Gasteiger partial charge in [-0.05, 0) is 197 Å². The molecule has 1 aromatic carbocycles. The summed E-state index contributed by atoms with van der Waals surface area (Å²) in [6.07, 6.45) is 24.6. The molecule has 2 aliphatic heterocycles. The molecule has 3 N–H and O–H groups in total. The van der Waals surface area contributed by atoms with Crippen molar-refractivity contribution in [1.29, 1.82) is 0 Å². The largest absolute Gasteiger partial charge is 0.393 e. The zero-order valence-electron chi connectivity index (χ0n) is 32.2. The number of fused-ring (bicyclic) bond motifs is 8. The molecule has 16 atom stereocenters. The number of piperidine rings is 2. The van der Waals surface area contributed by atoms with Crippen LogP contribution in [0.2, 0.25) is 0 Å². The molecular formula is C47H71NO3. The van der Waals surface area contributed by atoms with Crippen LogP contribution in [0.25, 0.3) is 0 Å². The normalized spacial score (nSPS) is 53.3. The minimum absolute atomic E-state index is 0.158. The van der Waals surface area contributed by atoms with Crippen LogP contribution in [0.1, 0.15) is 141 Å². The van der Waals surface area contributed by atoms with Crippen LogP contribution in [0.15, 0.2) is 30.3 Å². The van der Waals surface area contributed by atoms with Gasteiger partial charge in [0.05, 0.1) is 17.8 Å². The molecule has 0 bridgehead atoms. The average Bonchev–Trinajstić information content (AvgIpc) is 3.83. The fraction of sp³-hybridized carbons (Fsp3) is 0.872. The van der Waals surface area contributed by atoms with Gasteiger partial charge in [0, 0.05) is 19.1 Å². The summed E-state index contributed by atoms with van der Waals surface area (Å²) in [4.78, 5) is 2.89. The van der Waals surface area contributed by atoms with Gasteiger partial charge in [-0.2, -0.15) is 0 Å². The summed E-state index contributed by atoms with van der Waals surface area (Å²) < 4.78 is 0. The number of aliphatic hydroxyl groups is 3. The van der Waals surface area contributed by atoms with Crippen molar-refractivity contribution < 1.29 is 15.3 Å². The highest BCUT2D eigenvalue weighted by Crippen LogP contribution is 2.70. The second-order valence-electron chi connectivity index (χ2n) is 21.9. The van der Waals surface area contributed by atoms with Gasteiger partial charge in [0.2, 0.25) is 0 Å². The number of benzene rings is 1.